The minimum absolute atomic E-state index is 1.10. The van der Waals surface area contributed by atoms with Gasteiger partial charge in [0.05, 0.1) is 5.92 Å². The van der Waals surface area contributed by atoms with E-state index in [0.29, 0.717) is 0 Å². The predicted molar refractivity (Wildman–Crippen MR) is 33.9 cm³/mol. The monoisotopic (exact) mass is 103 g/mol. The molecule has 1 aliphatic carbocycles. The summed E-state index contributed by atoms with van der Waals surface area (Å²) in [6.45, 7) is 1.84. The van der Waals surface area contributed by atoms with Crippen molar-refractivity contribution in [1.29, 1.82) is 0 Å². The Bertz CT molecular complexity index is 108. The molecule has 39 valence electrons. The summed E-state index contributed by atoms with van der Waals surface area (Å²) in [6, 6.07) is 0. The molecule has 0 saturated heterocycles. The third-order valence-corrected chi connectivity index (χ3v) is 0.932. The van der Waals surface area contributed by atoms with Crippen LogP contribution in [0.2, 0.25) is 0 Å². The van der Waals surface area contributed by atoms with Gasteiger partial charge in [0.25, 0.3) is 0 Å². The summed E-state index contributed by atoms with van der Waals surface area (Å²) >= 11 is 0. The molecule has 0 bridgehead atoms. The van der Waals surface area contributed by atoms with Crippen molar-refractivity contribution in [2.75, 3.05) is 0 Å². The molecule has 0 aromatic heterocycles. The quantitative estimate of drug-likeness (QED) is 0.407. The molecular formula is C8H7. The van der Waals surface area contributed by atoms with Crippen molar-refractivity contribution < 1.29 is 0 Å². The summed E-state index contributed by atoms with van der Waals surface area (Å²) in [5, 5.41) is 0. The van der Waals surface area contributed by atoms with Gasteiger partial charge in [-0.2, -0.15) is 0 Å². The first-order valence-electron chi connectivity index (χ1n) is 2.58. The first kappa shape index (κ1) is 5.69. The molecule has 5 radical (unpaired) electrons. The maximum Gasteiger partial charge on any atom is 0.0554 e. The third-order valence-electron chi connectivity index (χ3n) is 0.932. The molecule has 8 heavy (non-hydrogen) atoms. The van der Waals surface area contributed by atoms with Crippen LogP contribution in [0, 0.1) is 43.4 Å². The second-order valence-electron chi connectivity index (χ2n) is 1.55. The molecule has 0 amide bonds. The van der Waals surface area contributed by atoms with Crippen LogP contribution in [0.5, 0.6) is 0 Å². The number of hydrogen-bond acceptors (Lipinski definition) is 0. The molecule has 0 aromatic rings. The maximum atomic E-state index is 2.94. The van der Waals surface area contributed by atoms with Crippen LogP contribution >= 0.6 is 0 Å². The highest BCUT2D eigenvalue weighted by Gasteiger charge is 2.13. The lowest BCUT2D eigenvalue weighted by atomic mass is 10.1. The predicted octanol–water partition coefficient (Wildman–Crippen LogP) is 1.41. The SMILES string of the molecule is CC#C[C]1[CH][CH][CH][CH]1. The largest absolute Gasteiger partial charge is 0.106 e. The molecule has 1 saturated carbocycles. The molecule has 0 nitrogen and oxygen atoms in total. The van der Waals surface area contributed by atoms with Crippen molar-refractivity contribution in [2.24, 2.45) is 0 Å². The van der Waals surface area contributed by atoms with Crippen LogP contribution in [0.1, 0.15) is 6.92 Å². The van der Waals surface area contributed by atoms with E-state index in [0.717, 1.165) is 5.92 Å². The molecule has 0 heterocycles. The molecule has 0 aromatic carbocycles. The Morgan fingerprint density at radius 2 is 1.88 bits per heavy atom. The van der Waals surface area contributed by atoms with E-state index in [2.05, 4.69) is 11.8 Å². The summed E-state index contributed by atoms with van der Waals surface area (Å²) in [7, 11) is 0. The maximum absolute atomic E-state index is 2.94. The molecule has 0 spiro atoms. The lowest BCUT2D eigenvalue weighted by Crippen LogP contribution is -1.83. The standard InChI is InChI=1S/C8H7/c1-2-5-8-6-3-4-7-8/h3-4,6-7H,1H3. The smallest absolute Gasteiger partial charge is 0.0554 e. The van der Waals surface area contributed by atoms with E-state index in [1.54, 1.807) is 0 Å². The molecule has 0 atom stereocenters. The van der Waals surface area contributed by atoms with Crippen LogP contribution in [0.25, 0.3) is 0 Å². The van der Waals surface area contributed by atoms with E-state index in [4.69, 9.17) is 0 Å². The first-order valence-corrected chi connectivity index (χ1v) is 2.58. The molecule has 1 aliphatic rings. The second-order valence-corrected chi connectivity index (χ2v) is 1.55. The van der Waals surface area contributed by atoms with E-state index < -0.39 is 0 Å². The van der Waals surface area contributed by atoms with Crippen molar-refractivity contribution >= 4 is 0 Å². The van der Waals surface area contributed by atoms with E-state index >= 15 is 0 Å². The zero-order valence-corrected chi connectivity index (χ0v) is 4.81. The summed E-state index contributed by atoms with van der Waals surface area (Å²) in [6.07, 6.45) is 7.96. The number of rotatable bonds is 0. The van der Waals surface area contributed by atoms with E-state index in [-0.39, 0.29) is 0 Å². The van der Waals surface area contributed by atoms with Crippen LogP contribution in [-0.4, -0.2) is 0 Å². The molecule has 1 fully saturated rings. The van der Waals surface area contributed by atoms with Crippen molar-refractivity contribution in [3.8, 4) is 11.8 Å². The fourth-order valence-electron chi connectivity index (χ4n) is 0.602. The second kappa shape index (κ2) is 2.77. The van der Waals surface area contributed by atoms with Gasteiger partial charge in [-0.3, -0.25) is 0 Å². The fraction of sp³-hybridized carbons (Fsp3) is 0.125. The van der Waals surface area contributed by atoms with Crippen molar-refractivity contribution in [3.63, 3.8) is 0 Å². The summed E-state index contributed by atoms with van der Waals surface area (Å²) in [5.41, 5.74) is 0. The van der Waals surface area contributed by atoms with E-state index in [9.17, 15) is 0 Å². The zero-order valence-electron chi connectivity index (χ0n) is 4.81. The van der Waals surface area contributed by atoms with Crippen LogP contribution in [0.4, 0.5) is 0 Å². The van der Waals surface area contributed by atoms with Gasteiger partial charge in [0.2, 0.25) is 0 Å². The van der Waals surface area contributed by atoms with Crippen LogP contribution in [-0.2, 0) is 0 Å². The van der Waals surface area contributed by atoms with Gasteiger partial charge in [-0.1, -0.05) is 5.92 Å². The highest BCUT2D eigenvalue weighted by atomic mass is 14.1. The molecular weight excluding hydrogens is 96.1 g/mol. The number of hydrogen-bond donors (Lipinski definition) is 0. The Morgan fingerprint density at radius 1 is 1.25 bits per heavy atom. The molecule has 0 heteroatoms. The molecule has 1 rings (SSSR count). The van der Waals surface area contributed by atoms with E-state index in [1.165, 1.54) is 0 Å². The Morgan fingerprint density at radius 3 is 2.38 bits per heavy atom. The van der Waals surface area contributed by atoms with Gasteiger partial charge >= 0.3 is 0 Å². The van der Waals surface area contributed by atoms with Crippen molar-refractivity contribution in [3.05, 3.63) is 31.6 Å². The summed E-state index contributed by atoms with van der Waals surface area (Å²) in [5.74, 6) is 6.86. The lowest BCUT2D eigenvalue weighted by molar-refractivity contribution is 1.43. The third kappa shape index (κ3) is 1.26. The van der Waals surface area contributed by atoms with Gasteiger partial charge in [0.1, 0.15) is 0 Å². The van der Waals surface area contributed by atoms with Gasteiger partial charge in [-0.05, 0) is 32.6 Å². The lowest BCUT2D eigenvalue weighted by Gasteiger charge is -1.90. The van der Waals surface area contributed by atoms with Gasteiger partial charge in [0, 0.05) is 0 Å². The van der Waals surface area contributed by atoms with Crippen LogP contribution < -0.4 is 0 Å². The fourth-order valence-corrected chi connectivity index (χ4v) is 0.602. The zero-order chi connectivity index (χ0) is 5.82. The van der Waals surface area contributed by atoms with Crippen molar-refractivity contribution in [1.82, 2.24) is 0 Å². The molecule has 0 N–H and O–H groups in total. The van der Waals surface area contributed by atoms with Gasteiger partial charge < -0.3 is 0 Å². The molecule has 0 aliphatic heterocycles. The Hall–Kier alpha value is -0.440. The van der Waals surface area contributed by atoms with Gasteiger partial charge in [0.15, 0.2) is 0 Å². The Balaban J connectivity index is 2.32. The Kier molecular flexibility index (Phi) is 1.97. The summed E-state index contributed by atoms with van der Waals surface area (Å²) in [4.78, 5) is 0. The Labute approximate surface area is 51.3 Å². The topological polar surface area (TPSA) is 0 Å². The van der Waals surface area contributed by atoms with Crippen molar-refractivity contribution in [2.45, 2.75) is 6.92 Å². The highest BCUT2D eigenvalue weighted by molar-refractivity contribution is 5.46. The highest BCUT2D eigenvalue weighted by Crippen LogP contribution is 2.21. The first-order chi connectivity index (χ1) is 3.93. The normalized spacial score (nSPS) is 20.1. The molecule has 0 unspecified atom stereocenters. The van der Waals surface area contributed by atoms with Gasteiger partial charge in [-0.25, -0.2) is 0 Å². The average Bonchev–Trinajstić information content (AvgIpc) is 2.19. The van der Waals surface area contributed by atoms with E-state index in [1.807, 2.05) is 32.6 Å². The minimum Gasteiger partial charge on any atom is -0.106 e. The van der Waals surface area contributed by atoms with Crippen LogP contribution in [0.3, 0.4) is 0 Å². The average molecular weight is 103 g/mol. The minimum atomic E-state index is 1.10. The summed E-state index contributed by atoms with van der Waals surface area (Å²) < 4.78 is 0. The van der Waals surface area contributed by atoms with Crippen LogP contribution in [0.15, 0.2) is 0 Å². The van der Waals surface area contributed by atoms with Gasteiger partial charge in [-0.15, -0.1) is 5.92 Å².